The Kier molecular flexibility index (Phi) is 4.85. The van der Waals surface area contributed by atoms with Gasteiger partial charge in [-0.05, 0) is 60.0 Å². The summed E-state index contributed by atoms with van der Waals surface area (Å²) in [7, 11) is 1.62. The van der Waals surface area contributed by atoms with Gasteiger partial charge in [-0.3, -0.25) is 4.79 Å². The molecule has 0 radical (unpaired) electrons. The molecule has 1 aliphatic heterocycles. The number of phenols is 1. The topological polar surface area (TPSA) is 67.6 Å². The first-order valence-electron chi connectivity index (χ1n) is 9.12. The molecular formula is C22H21N3O3. The van der Waals surface area contributed by atoms with E-state index in [0.717, 1.165) is 23.4 Å². The standard InChI is InChI=1S/C22H21N3O3/c1-28-20-8-4-18(5-9-20)25-15-12-21(23-25)22(27)24-13-10-17(11-14-24)16-2-6-19(26)7-3-16/h2-10,12,15,26H,11,13-14H2,1H3. The van der Waals surface area contributed by atoms with E-state index in [1.165, 1.54) is 5.57 Å². The van der Waals surface area contributed by atoms with E-state index < -0.39 is 0 Å². The fraction of sp³-hybridized carbons (Fsp3) is 0.182. The van der Waals surface area contributed by atoms with Crippen LogP contribution in [0.3, 0.4) is 0 Å². The third kappa shape index (κ3) is 3.62. The summed E-state index contributed by atoms with van der Waals surface area (Å²) < 4.78 is 6.85. The SMILES string of the molecule is COc1ccc(-n2ccc(C(=O)N3CC=C(c4ccc(O)cc4)CC3)n2)cc1. The summed E-state index contributed by atoms with van der Waals surface area (Å²) in [6.45, 7) is 1.19. The first-order chi connectivity index (χ1) is 13.6. The first kappa shape index (κ1) is 17.9. The Bertz CT molecular complexity index is 1000. The molecule has 2 heterocycles. The Morgan fingerprint density at radius 3 is 2.46 bits per heavy atom. The van der Waals surface area contributed by atoms with Crippen LogP contribution in [0.4, 0.5) is 0 Å². The molecule has 4 rings (SSSR count). The Hall–Kier alpha value is -3.54. The molecule has 0 saturated carbocycles. The zero-order valence-electron chi connectivity index (χ0n) is 15.6. The highest BCUT2D eigenvalue weighted by Crippen LogP contribution is 2.24. The molecule has 3 aromatic rings. The molecule has 0 fully saturated rings. The maximum absolute atomic E-state index is 12.8. The van der Waals surface area contributed by atoms with Crippen LogP contribution in [-0.2, 0) is 0 Å². The van der Waals surface area contributed by atoms with Crippen molar-refractivity contribution in [3.05, 3.63) is 78.1 Å². The van der Waals surface area contributed by atoms with Crippen LogP contribution in [0.1, 0.15) is 22.5 Å². The van der Waals surface area contributed by atoms with Crippen LogP contribution in [0.5, 0.6) is 11.5 Å². The molecule has 1 N–H and O–H groups in total. The fourth-order valence-corrected chi connectivity index (χ4v) is 3.27. The molecule has 2 aromatic carbocycles. The number of hydrogen-bond donors (Lipinski definition) is 1. The molecule has 0 aliphatic carbocycles. The first-order valence-corrected chi connectivity index (χ1v) is 9.12. The number of ether oxygens (including phenoxy) is 1. The Balaban J connectivity index is 1.45. The third-order valence-electron chi connectivity index (χ3n) is 4.88. The van der Waals surface area contributed by atoms with Crippen molar-refractivity contribution in [3.8, 4) is 17.2 Å². The van der Waals surface area contributed by atoms with Gasteiger partial charge in [-0.2, -0.15) is 5.10 Å². The number of aromatic nitrogens is 2. The van der Waals surface area contributed by atoms with E-state index >= 15 is 0 Å². The van der Waals surface area contributed by atoms with Gasteiger partial charge in [-0.25, -0.2) is 4.68 Å². The average Bonchev–Trinajstić information content (AvgIpc) is 3.24. The summed E-state index contributed by atoms with van der Waals surface area (Å²) >= 11 is 0. The number of nitrogens with zero attached hydrogens (tertiary/aromatic N) is 3. The number of carbonyl (C=O) groups is 1. The fourth-order valence-electron chi connectivity index (χ4n) is 3.27. The van der Waals surface area contributed by atoms with E-state index in [1.807, 2.05) is 36.4 Å². The zero-order valence-corrected chi connectivity index (χ0v) is 15.6. The van der Waals surface area contributed by atoms with E-state index in [0.29, 0.717) is 18.8 Å². The monoisotopic (exact) mass is 375 g/mol. The number of carbonyl (C=O) groups excluding carboxylic acids is 1. The van der Waals surface area contributed by atoms with Crippen molar-refractivity contribution in [1.82, 2.24) is 14.7 Å². The summed E-state index contributed by atoms with van der Waals surface area (Å²) in [5.74, 6) is 0.953. The van der Waals surface area contributed by atoms with Crippen molar-refractivity contribution in [2.75, 3.05) is 20.2 Å². The lowest BCUT2D eigenvalue weighted by Gasteiger charge is -2.26. The van der Waals surface area contributed by atoms with Crippen LogP contribution < -0.4 is 4.74 Å². The van der Waals surface area contributed by atoms with Crippen molar-refractivity contribution in [1.29, 1.82) is 0 Å². The van der Waals surface area contributed by atoms with Crippen molar-refractivity contribution in [2.24, 2.45) is 0 Å². The predicted molar refractivity (Wildman–Crippen MR) is 107 cm³/mol. The molecule has 6 nitrogen and oxygen atoms in total. The molecule has 1 aromatic heterocycles. The van der Waals surface area contributed by atoms with E-state index in [9.17, 15) is 9.90 Å². The number of methoxy groups -OCH3 is 1. The van der Waals surface area contributed by atoms with Gasteiger partial charge in [0.05, 0.1) is 12.8 Å². The number of hydrogen-bond acceptors (Lipinski definition) is 4. The minimum atomic E-state index is -0.0757. The highest BCUT2D eigenvalue weighted by Gasteiger charge is 2.21. The Morgan fingerprint density at radius 2 is 1.82 bits per heavy atom. The van der Waals surface area contributed by atoms with E-state index in [1.54, 1.807) is 41.1 Å². The minimum Gasteiger partial charge on any atom is -0.508 e. The van der Waals surface area contributed by atoms with Gasteiger partial charge < -0.3 is 14.7 Å². The van der Waals surface area contributed by atoms with Crippen molar-refractivity contribution < 1.29 is 14.6 Å². The van der Waals surface area contributed by atoms with Gasteiger partial charge in [0, 0.05) is 19.3 Å². The lowest BCUT2D eigenvalue weighted by Crippen LogP contribution is -2.35. The molecule has 142 valence electrons. The van der Waals surface area contributed by atoms with Gasteiger partial charge >= 0.3 is 0 Å². The summed E-state index contributed by atoms with van der Waals surface area (Å²) in [4.78, 5) is 14.6. The van der Waals surface area contributed by atoms with Gasteiger partial charge in [-0.1, -0.05) is 18.2 Å². The third-order valence-corrected chi connectivity index (χ3v) is 4.88. The highest BCUT2D eigenvalue weighted by molar-refractivity contribution is 5.93. The number of amides is 1. The second-order valence-electron chi connectivity index (χ2n) is 6.62. The molecule has 1 aliphatic rings. The number of benzene rings is 2. The smallest absolute Gasteiger partial charge is 0.274 e. The van der Waals surface area contributed by atoms with Crippen LogP contribution in [0.2, 0.25) is 0 Å². The van der Waals surface area contributed by atoms with Crippen LogP contribution >= 0.6 is 0 Å². The van der Waals surface area contributed by atoms with Gasteiger partial charge in [0.2, 0.25) is 0 Å². The molecule has 6 heteroatoms. The summed E-state index contributed by atoms with van der Waals surface area (Å²) in [5, 5.41) is 13.9. The molecule has 0 saturated heterocycles. The van der Waals surface area contributed by atoms with Crippen LogP contribution in [0, 0.1) is 0 Å². The normalized spacial score (nSPS) is 13.9. The molecular weight excluding hydrogens is 354 g/mol. The zero-order chi connectivity index (χ0) is 19.5. The summed E-state index contributed by atoms with van der Waals surface area (Å²) in [5.41, 5.74) is 3.56. The van der Waals surface area contributed by atoms with Gasteiger partial charge in [0.25, 0.3) is 5.91 Å². The second-order valence-corrected chi connectivity index (χ2v) is 6.62. The number of phenolic OH excluding ortho intramolecular Hbond substituents is 1. The lowest BCUT2D eigenvalue weighted by atomic mass is 9.99. The van der Waals surface area contributed by atoms with Gasteiger partial charge in [-0.15, -0.1) is 0 Å². The molecule has 0 bridgehead atoms. The van der Waals surface area contributed by atoms with Crippen molar-refractivity contribution >= 4 is 11.5 Å². The van der Waals surface area contributed by atoms with Crippen LogP contribution in [0.25, 0.3) is 11.3 Å². The van der Waals surface area contributed by atoms with Crippen molar-refractivity contribution in [2.45, 2.75) is 6.42 Å². The minimum absolute atomic E-state index is 0.0757. The van der Waals surface area contributed by atoms with E-state index in [4.69, 9.17) is 4.74 Å². The molecule has 0 atom stereocenters. The van der Waals surface area contributed by atoms with E-state index in [-0.39, 0.29) is 11.7 Å². The number of aromatic hydroxyl groups is 1. The summed E-state index contributed by atoms with van der Waals surface area (Å²) in [6, 6.07) is 16.4. The van der Waals surface area contributed by atoms with E-state index in [2.05, 4.69) is 11.2 Å². The second kappa shape index (κ2) is 7.60. The van der Waals surface area contributed by atoms with Crippen molar-refractivity contribution in [3.63, 3.8) is 0 Å². The molecule has 0 spiro atoms. The van der Waals surface area contributed by atoms with Crippen LogP contribution in [0.15, 0.2) is 66.9 Å². The molecule has 0 unspecified atom stereocenters. The molecule has 28 heavy (non-hydrogen) atoms. The number of rotatable bonds is 4. The maximum atomic E-state index is 12.8. The van der Waals surface area contributed by atoms with Gasteiger partial charge in [0.1, 0.15) is 11.5 Å². The maximum Gasteiger partial charge on any atom is 0.274 e. The van der Waals surface area contributed by atoms with Gasteiger partial charge in [0.15, 0.2) is 5.69 Å². The largest absolute Gasteiger partial charge is 0.508 e. The Labute approximate surface area is 163 Å². The Morgan fingerprint density at radius 1 is 1.07 bits per heavy atom. The predicted octanol–water partition coefficient (Wildman–Crippen LogP) is 3.52. The lowest BCUT2D eigenvalue weighted by molar-refractivity contribution is 0.0766. The molecule has 1 amide bonds. The average molecular weight is 375 g/mol. The highest BCUT2D eigenvalue weighted by atomic mass is 16.5. The van der Waals surface area contributed by atoms with Crippen LogP contribution in [-0.4, -0.2) is 45.9 Å². The summed E-state index contributed by atoms with van der Waals surface area (Å²) in [6.07, 6.45) is 4.63. The quantitative estimate of drug-likeness (QED) is 0.758.